The summed E-state index contributed by atoms with van der Waals surface area (Å²) in [5.41, 5.74) is 1.18. The van der Waals surface area contributed by atoms with Crippen LogP contribution in [-0.4, -0.2) is 33.1 Å². The number of anilines is 1. The summed E-state index contributed by atoms with van der Waals surface area (Å²) in [4.78, 5) is 29.5. The molecule has 0 aliphatic heterocycles. The number of carbonyl (C=O) groups is 1. The molecule has 5 nitrogen and oxygen atoms in total. The second-order valence-corrected chi connectivity index (χ2v) is 14.7. The van der Waals surface area contributed by atoms with E-state index in [1.165, 1.54) is 0 Å². The highest BCUT2D eigenvalue weighted by Crippen LogP contribution is 2.71. The van der Waals surface area contributed by atoms with Crippen LogP contribution in [0.5, 0.6) is 0 Å². The number of halogens is 4. The third-order valence-corrected chi connectivity index (χ3v) is 11.5. The maximum atomic E-state index is 14.4. The van der Waals surface area contributed by atoms with E-state index in [2.05, 4.69) is 15.0 Å². The Hall–Kier alpha value is -3.36. The molecular formula is C35H36F4N4O. The number of hydrogen-bond donors (Lipinski definition) is 0. The Labute approximate surface area is 254 Å². The molecule has 2 heterocycles. The number of fused-ring (bicyclic) bond motifs is 3. The number of rotatable bonds is 8. The summed E-state index contributed by atoms with van der Waals surface area (Å²) in [7, 11) is 0. The van der Waals surface area contributed by atoms with Crippen molar-refractivity contribution >= 4 is 11.6 Å². The first-order valence-electron chi connectivity index (χ1n) is 15.9. The SMILES string of the molecule is O=C(CC12CC(F)(C1)C2)N(CC12CCC(c3ccc(C(F)(F)F)cn3)(CC1)CC2)c1cccc(-c2cnc(C3CC3)nc2)c1. The second-order valence-electron chi connectivity index (χ2n) is 14.7. The Morgan fingerprint density at radius 2 is 1.52 bits per heavy atom. The van der Waals surface area contributed by atoms with E-state index in [4.69, 9.17) is 0 Å². The van der Waals surface area contributed by atoms with Gasteiger partial charge in [-0.25, -0.2) is 14.4 Å². The van der Waals surface area contributed by atoms with Gasteiger partial charge in [-0.05, 0) is 111 Å². The molecule has 0 radical (unpaired) electrons. The number of pyridine rings is 1. The molecule has 7 saturated carbocycles. The third-order valence-electron chi connectivity index (χ3n) is 11.5. The van der Waals surface area contributed by atoms with Crippen LogP contribution < -0.4 is 4.90 Å². The molecule has 230 valence electrons. The molecule has 0 saturated heterocycles. The maximum absolute atomic E-state index is 14.4. The Bertz CT molecular complexity index is 1550. The maximum Gasteiger partial charge on any atom is 0.417 e. The first-order valence-corrected chi connectivity index (χ1v) is 15.9. The van der Waals surface area contributed by atoms with Gasteiger partial charge in [0.25, 0.3) is 0 Å². The molecule has 1 aromatic carbocycles. The fraction of sp³-hybridized carbons (Fsp3) is 0.543. The minimum absolute atomic E-state index is 0.0467. The Morgan fingerprint density at radius 3 is 2.09 bits per heavy atom. The molecule has 7 aliphatic carbocycles. The highest BCUT2D eigenvalue weighted by molar-refractivity contribution is 5.95. The minimum atomic E-state index is -4.40. The van der Waals surface area contributed by atoms with Crippen molar-refractivity contribution in [2.24, 2.45) is 10.8 Å². The highest BCUT2D eigenvalue weighted by atomic mass is 19.4. The molecule has 1 amide bonds. The van der Waals surface area contributed by atoms with Crippen LogP contribution in [0.3, 0.4) is 0 Å². The lowest BCUT2D eigenvalue weighted by Gasteiger charge is -2.66. The molecular weight excluding hydrogens is 568 g/mol. The van der Waals surface area contributed by atoms with E-state index in [9.17, 15) is 22.4 Å². The largest absolute Gasteiger partial charge is 0.417 e. The zero-order valence-electron chi connectivity index (χ0n) is 24.7. The van der Waals surface area contributed by atoms with Crippen molar-refractivity contribution in [3.63, 3.8) is 0 Å². The topological polar surface area (TPSA) is 59.0 Å². The van der Waals surface area contributed by atoms with Crippen LogP contribution in [0, 0.1) is 10.8 Å². The summed E-state index contributed by atoms with van der Waals surface area (Å²) in [6.45, 7) is 0.583. The number of aromatic nitrogens is 3. The van der Waals surface area contributed by atoms with Gasteiger partial charge in [-0.2, -0.15) is 13.2 Å². The summed E-state index contributed by atoms with van der Waals surface area (Å²) in [6, 6.07) is 10.7. The Balaban J connectivity index is 1.04. The van der Waals surface area contributed by atoms with Gasteiger partial charge in [-0.1, -0.05) is 12.1 Å². The first-order chi connectivity index (χ1) is 21.0. The summed E-state index contributed by atoms with van der Waals surface area (Å²) < 4.78 is 53.8. The third kappa shape index (κ3) is 4.81. The second kappa shape index (κ2) is 9.57. The number of hydrogen-bond acceptors (Lipinski definition) is 4. The number of carbonyl (C=O) groups excluding carboxylic acids is 1. The molecule has 0 unspecified atom stereocenters. The molecule has 44 heavy (non-hydrogen) atoms. The lowest BCUT2D eigenvalue weighted by Crippen LogP contribution is -2.65. The average molecular weight is 605 g/mol. The van der Waals surface area contributed by atoms with E-state index >= 15 is 0 Å². The predicted octanol–water partition coefficient (Wildman–Crippen LogP) is 8.34. The van der Waals surface area contributed by atoms with Crippen molar-refractivity contribution in [2.45, 2.75) is 100 Å². The van der Waals surface area contributed by atoms with E-state index in [0.717, 1.165) is 92.0 Å². The summed E-state index contributed by atoms with van der Waals surface area (Å²) in [5.74, 6) is 1.41. The molecule has 10 rings (SSSR count). The zero-order chi connectivity index (χ0) is 30.4. The normalized spacial score (nSPS) is 32.1. The van der Waals surface area contributed by atoms with Crippen molar-refractivity contribution < 1.29 is 22.4 Å². The van der Waals surface area contributed by atoms with Gasteiger partial charge in [0, 0.05) is 59.8 Å². The standard InChI is InChI=1S/C35H36F4N4O/c36-34-19-32(20-34,21-34)15-29(44)43(27-3-1-2-24(14-27)25-16-41-30(42-17-25)23-4-5-23)22-31-8-11-33(12-9-31,13-10-31)28-7-6-26(18-40-28)35(37,38)39/h1-3,6-7,14,16-18,23H,4-5,8-13,15,19-22H2. The summed E-state index contributed by atoms with van der Waals surface area (Å²) >= 11 is 0. The molecule has 0 spiro atoms. The summed E-state index contributed by atoms with van der Waals surface area (Å²) in [5, 5.41) is 0. The molecule has 9 heteroatoms. The fourth-order valence-electron chi connectivity index (χ4n) is 8.78. The molecule has 3 aromatic rings. The monoisotopic (exact) mass is 604 g/mol. The molecule has 2 aromatic heterocycles. The smallest absolute Gasteiger partial charge is 0.312 e. The number of nitrogens with zero attached hydrogens (tertiary/aromatic N) is 4. The van der Waals surface area contributed by atoms with Gasteiger partial charge >= 0.3 is 6.18 Å². The highest BCUT2D eigenvalue weighted by Gasteiger charge is 2.69. The molecule has 7 aliphatic rings. The number of amides is 1. The van der Waals surface area contributed by atoms with Crippen LogP contribution in [-0.2, 0) is 16.4 Å². The van der Waals surface area contributed by atoms with Crippen molar-refractivity contribution in [2.75, 3.05) is 11.4 Å². The van der Waals surface area contributed by atoms with Crippen molar-refractivity contribution in [1.82, 2.24) is 15.0 Å². The van der Waals surface area contributed by atoms with Crippen molar-refractivity contribution in [3.05, 3.63) is 72.1 Å². The van der Waals surface area contributed by atoms with Crippen LogP contribution in [0.15, 0.2) is 55.0 Å². The fourth-order valence-corrected chi connectivity index (χ4v) is 8.78. The van der Waals surface area contributed by atoms with Crippen LogP contribution in [0.4, 0.5) is 23.2 Å². The van der Waals surface area contributed by atoms with E-state index in [0.29, 0.717) is 38.1 Å². The molecule has 0 atom stereocenters. The van der Waals surface area contributed by atoms with E-state index in [1.807, 2.05) is 41.6 Å². The van der Waals surface area contributed by atoms with Crippen molar-refractivity contribution in [3.8, 4) is 11.1 Å². The number of benzene rings is 1. The molecule has 0 N–H and O–H groups in total. The van der Waals surface area contributed by atoms with E-state index in [-0.39, 0.29) is 22.2 Å². The molecule has 7 fully saturated rings. The lowest BCUT2D eigenvalue weighted by molar-refractivity contribution is -0.215. The average Bonchev–Trinajstić information content (AvgIpc) is 3.85. The summed E-state index contributed by atoms with van der Waals surface area (Å²) in [6.07, 6.45) is 9.55. The minimum Gasteiger partial charge on any atom is -0.312 e. The van der Waals surface area contributed by atoms with Crippen LogP contribution >= 0.6 is 0 Å². The quantitative estimate of drug-likeness (QED) is 0.243. The van der Waals surface area contributed by atoms with Crippen LogP contribution in [0.25, 0.3) is 11.1 Å². The van der Waals surface area contributed by atoms with Gasteiger partial charge in [0.1, 0.15) is 11.5 Å². The van der Waals surface area contributed by atoms with Crippen molar-refractivity contribution in [1.29, 1.82) is 0 Å². The van der Waals surface area contributed by atoms with E-state index < -0.39 is 17.4 Å². The van der Waals surface area contributed by atoms with Gasteiger partial charge in [0.05, 0.1) is 5.56 Å². The van der Waals surface area contributed by atoms with Crippen LogP contribution in [0.2, 0.25) is 0 Å². The Kier molecular flexibility index (Phi) is 6.12. The predicted molar refractivity (Wildman–Crippen MR) is 158 cm³/mol. The molecule has 4 bridgehead atoms. The van der Waals surface area contributed by atoms with Gasteiger partial charge in [0.15, 0.2) is 0 Å². The van der Waals surface area contributed by atoms with Gasteiger partial charge in [-0.15, -0.1) is 0 Å². The number of alkyl halides is 4. The van der Waals surface area contributed by atoms with E-state index in [1.54, 1.807) is 6.07 Å². The lowest BCUT2D eigenvalue weighted by atomic mass is 9.41. The van der Waals surface area contributed by atoms with Gasteiger partial charge in [0.2, 0.25) is 5.91 Å². The Morgan fingerprint density at radius 1 is 0.841 bits per heavy atom. The van der Waals surface area contributed by atoms with Gasteiger partial charge < -0.3 is 4.90 Å². The van der Waals surface area contributed by atoms with Crippen LogP contribution in [0.1, 0.15) is 100 Å². The van der Waals surface area contributed by atoms with Gasteiger partial charge in [-0.3, -0.25) is 9.78 Å². The zero-order valence-corrected chi connectivity index (χ0v) is 24.7. The first kappa shape index (κ1) is 28.1.